The Morgan fingerprint density at radius 1 is 1.03 bits per heavy atom. The van der Waals surface area contributed by atoms with Gasteiger partial charge in [0.15, 0.2) is 0 Å². The van der Waals surface area contributed by atoms with Crippen molar-refractivity contribution in [3.05, 3.63) is 64.7 Å². The van der Waals surface area contributed by atoms with Gasteiger partial charge >= 0.3 is 6.18 Å². The van der Waals surface area contributed by atoms with E-state index in [4.69, 9.17) is 0 Å². The zero-order valence-electron chi connectivity index (χ0n) is 16.0. The molecular weight excluding hydrogens is 397 g/mol. The van der Waals surface area contributed by atoms with Gasteiger partial charge < -0.3 is 5.11 Å². The normalized spacial score (nSPS) is 17.7. The summed E-state index contributed by atoms with van der Waals surface area (Å²) in [7, 11) is 0. The number of aliphatic hydroxyl groups excluding tert-OH is 1. The highest BCUT2D eigenvalue weighted by Gasteiger charge is 2.38. The van der Waals surface area contributed by atoms with E-state index < -0.39 is 17.2 Å². The van der Waals surface area contributed by atoms with Crippen molar-refractivity contribution in [3.8, 4) is 0 Å². The molecule has 2 heterocycles. The minimum absolute atomic E-state index is 0.103. The number of nitrogens with zero attached hydrogens (tertiary/aromatic N) is 2. The van der Waals surface area contributed by atoms with E-state index in [1.54, 1.807) is 17.4 Å². The molecular formula is C22H23F3N2OS. The summed E-state index contributed by atoms with van der Waals surface area (Å²) < 4.78 is 41.2. The van der Waals surface area contributed by atoms with E-state index in [9.17, 15) is 18.3 Å². The van der Waals surface area contributed by atoms with Crippen LogP contribution >= 0.6 is 11.3 Å². The predicted molar refractivity (Wildman–Crippen MR) is 109 cm³/mol. The molecule has 1 aliphatic rings. The Bertz CT molecular complexity index is 944. The number of thiazole rings is 1. The number of alkyl halides is 3. The van der Waals surface area contributed by atoms with E-state index in [0.717, 1.165) is 40.9 Å². The highest BCUT2D eigenvalue weighted by molar-refractivity contribution is 7.18. The lowest BCUT2D eigenvalue weighted by molar-refractivity contribution is -0.138. The molecule has 0 amide bonds. The largest absolute Gasteiger partial charge is 0.416 e. The van der Waals surface area contributed by atoms with Crippen LogP contribution in [-0.4, -0.2) is 34.7 Å². The molecule has 1 fully saturated rings. The number of aliphatic hydroxyl groups is 1. The van der Waals surface area contributed by atoms with Crippen LogP contribution in [0.1, 0.15) is 29.0 Å². The number of likely N-dealkylation sites (tertiary alicyclic amines) is 1. The molecule has 154 valence electrons. The molecule has 0 atom stereocenters. The van der Waals surface area contributed by atoms with Crippen molar-refractivity contribution in [1.29, 1.82) is 0 Å². The van der Waals surface area contributed by atoms with Gasteiger partial charge in [0.2, 0.25) is 0 Å². The maximum atomic E-state index is 13.3. The fourth-order valence-electron chi connectivity index (χ4n) is 4.11. The summed E-state index contributed by atoms with van der Waals surface area (Å²) in [5.41, 5.74) is 0.169. The molecule has 1 aliphatic heterocycles. The lowest BCUT2D eigenvalue weighted by Crippen LogP contribution is -2.43. The van der Waals surface area contributed by atoms with Crippen LogP contribution in [0, 0.1) is 5.41 Å². The third-order valence-corrected chi connectivity index (χ3v) is 6.86. The van der Waals surface area contributed by atoms with E-state index >= 15 is 0 Å². The topological polar surface area (TPSA) is 36.4 Å². The molecule has 0 saturated carbocycles. The number of para-hydroxylation sites is 1. The zero-order valence-corrected chi connectivity index (χ0v) is 16.8. The van der Waals surface area contributed by atoms with Gasteiger partial charge in [-0.1, -0.05) is 30.3 Å². The van der Waals surface area contributed by atoms with Gasteiger partial charge in [0, 0.05) is 6.61 Å². The third-order valence-electron chi connectivity index (χ3n) is 5.84. The Hall–Kier alpha value is -1.96. The lowest BCUT2D eigenvalue weighted by atomic mass is 9.73. The van der Waals surface area contributed by atoms with E-state index in [1.807, 2.05) is 18.2 Å². The van der Waals surface area contributed by atoms with Gasteiger partial charge in [-0.15, -0.1) is 11.3 Å². The van der Waals surface area contributed by atoms with Crippen LogP contribution in [-0.2, 0) is 19.1 Å². The van der Waals surface area contributed by atoms with Gasteiger partial charge in [-0.3, -0.25) is 4.90 Å². The van der Waals surface area contributed by atoms with Crippen molar-refractivity contribution in [3.63, 3.8) is 0 Å². The number of benzene rings is 2. The fourth-order valence-corrected chi connectivity index (χ4v) is 5.12. The van der Waals surface area contributed by atoms with Crippen LogP contribution in [0.25, 0.3) is 10.2 Å². The minimum Gasteiger partial charge on any atom is -0.396 e. The Balaban J connectivity index is 1.44. The van der Waals surface area contributed by atoms with Crippen molar-refractivity contribution in [1.82, 2.24) is 9.88 Å². The average molecular weight is 421 g/mol. The maximum absolute atomic E-state index is 13.3. The Kier molecular flexibility index (Phi) is 5.64. The first-order valence-corrected chi connectivity index (χ1v) is 10.5. The van der Waals surface area contributed by atoms with Crippen LogP contribution in [0.15, 0.2) is 48.5 Å². The average Bonchev–Trinajstić information content (AvgIpc) is 3.11. The maximum Gasteiger partial charge on any atom is 0.416 e. The first kappa shape index (κ1) is 20.3. The predicted octanol–water partition coefficient (Wildman–Crippen LogP) is 5.13. The van der Waals surface area contributed by atoms with E-state index in [1.165, 1.54) is 12.1 Å². The molecule has 0 aliphatic carbocycles. The number of piperidine rings is 1. The Morgan fingerprint density at radius 3 is 2.41 bits per heavy atom. The lowest BCUT2D eigenvalue weighted by Gasteiger charge is -2.41. The fraction of sp³-hybridized carbons (Fsp3) is 0.409. The third kappa shape index (κ3) is 4.47. The molecule has 29 heavy (non-hydrogen) atoms. The molecule has 3 aromatic rings. The number of rotatable bonds is 5. The summed E-state index contributed by atoms with van der Waals surface area (Å²) in [6.07, 6.45) is -2.80. The summed E-state index contributed by atoms with van der Waals surface area (Å²) in [6, 6.07) is 13.7. The van der Waals surface area contributed by atoms with Gasteiger partial charge in [0.1, 0.15) is 5.01 Å². The van der Waals surface area contributed by atoms with E-state index in [-0.39, 0.29) is 18.6 Å². The van der Waals surface area contributed by atoms with Gasteiger partial charge in [-0.25, -0.2) is 4.98 Å². The molecule has 3 nitrogen and oxygen atoms in total. The van der Waals surface area contributed by atoms with Gasteiger partial charge in [-0.2, -0.15) is 13.2 Å². The molecule has 2 aromatic carbocycles. The second-order valence-electron chi connectivity index (χ2n) is 7.84. The van der Waals surface area contributed by atoms with Crippen LogP contribution in [0.4, 0.5) is 13.2 Å². The molecule has 1 saturated heterocycles. The van der Waals surface area contributed by atoms with Gasteiger partial charge in [0.05, 0.1) is 22.3 Å². The second kappa shape index (κ2) is 8.05. The van der Waals surface area contributed by atoms with Crippen LogP contribution < -0.4 is 0 Å². The Labute approximate surface area is 171 Å². The molecule has 0 bridgehead atoms. The van der Waals surface area contributed by atoms with Crippen molar-refractivity contribution in [2.75, 3.05) is 19.7 Å². The SMILES string of the molecule is OCC1(Cc2ccccc2C(F)(F)F)CCN(Cc2nc3ccccc3s2)CC1. The number of fused-ring (bicyclic) bond motifs is 1. The number of aromatic nitrogens is 1. The molecule has 0 radical (unpaired) electrons. The minimum atomic E-state index is -4.37. The number of hydrogen-bond acceptors (Lipinski definition) is 4. The van der Waals surface area contributed by atoms with Crippen molar-refractivity contribution >= 4 is 21.6 Å². The van der Waals surface area contributed by atoms with Crippen LogP contribution in [0.5, 0.6) is 0 Å². The van der Waals surface area contributed by atoms with Crippen molar-refractivity contribution < 1.29 is 18.3 Å². The van der Waals surface area contributed by atoms with Crippen molar-refractivity contribution in [2.24, 2.45) is 5.41 Å². The number of hydrogen-bond donors (Lipinski definition) is 1. The summed E-state index contributed by atoms with van der Waals surface area (Å²) in [5, 5.41) is 11.1. The molecule has 1 aromatic heterocycles. The molecule has 0 spiro atoms. The molecule has 4 rings (SSSR count). The standard InChI is InChI=1S/C22H23F3N2OS/c23-22(24,25)17-6-2-1-5-16(17)13-21(15-28)9-11-27(12-10-21)14-20-26-18-7-3-4-8-19(18)29-20/h1-8,28H,9-15H2. The van der Waals surface area contributed by atoms with Gasteiger partial charge in [-0.05, 0) is 61.5 Å². The summed E-state index contributed by atoms with van der Waals surface area (Å²) in [5.74, 6) is 0. The van der Waals surface area contributed by atoms with Gasteiger partial charge in [0.25, 0.3) is 0 Å². The Morgan fingerprint density at radius 2 is 1.72 bits per heavy atom. The monoisotopic (exact) mass is 420 g/mol. The second-order valence-corrected chi connectivity index (χ2v) is 8.96. The summed E-state index contributed by atoms with van der Waals surface area (Å²) in [4.78, 5) is 6.95. The molecule has 1 N–H and O–H groups in total. The highest BCUT2D eigenvalue weighted by Crippen LogP contribution is 2.39. The smallest absolute Gasteiger partial charge is 0.396 e. The van der Waals surface area contributed by atoms with E-state index in [0.29, 0.717) is 12.8 Å². The van der Waals surface area contributed by atoms with E-state index in [2.05, 4.69) is 16.0 Å². The zero-order chi connectivity index (χ0) is 20.5. The van der Waals surface area contributed by atoms with Crippen LogP contribution in [0.2, 0.25) is 0 Å². The quantitative estimate of drug-likeness (QED) is 0.622. The first-order chi connectivity index (χ1) is 13.9. The van der Waals surface area contributed by atoms with Crippen LogP contribution in [0.3, 0.4) is 0 Å². The van der Waals surface area contributed by atoms with Crippen molar-refractivity contribution in [2.45, 2.75) is 32.0 Å². The summed E-state index contributed by atoms with van der Waals surface area (Å²) in [6.45, 7) is 2.11. The number of halogens is 3. The molecule has 7 heteroatoms. The molecule has 0 unspecified atom stereocenters. The highest BCUT2D eigenvalue weighted by atomic mass is 32.1. The summed E-state index contributed by atoms with van der Waals surface area (Å²) >= 11 is 1.68. The first-order valence-electron chi connectivity index (χ1n) is 9.71.